The number of methoxy groups -OCH3 is 2. The largest absolute Gasteiger partial charge is 0.497 e. The lowest BCUT2D eigenvalue weighted by molar-refractivity contribution is 0.0901. The third-order valence-electron chi connectivity index (χ3n) is 7.53. The van der Waals surface area contributed by atoms with Gasteiger partial charge in [-0.1, -0.05) is 6.07 Å². The van der Waals surface area contributed by atoms with E-state index in [1.165, 1.54) is 0 Å². The van der Waals surface area contributed by atoms with Gasteiger partial charge in [0.25, 0.3) is 0 Å². The van der Waals surface area contributed by atoms with Crippen LogP contribution in [0.1, 0.15) is 44.9 Å². The van der Waals surface area contributed by atoms with Crippen molar-refractivity contribution in [3.8, 4) is 22.6 Å². The first kappa shape index (κ1) is 25.5. The third-order valence-corrected chi connectivity index (χ3v) is 7.53. The fourth-order valence-corrected chi connectivity index (χ4v) is 5.51. The van der Waals surface area contributed by atoms with Crippen molar-refractivity contribution < 1.29 is 14.3 Å². The average Bonchev–Trinajstić information content (AvgIpc) is 3.22. The Labute approximate surface area is 223 Å². The van der Waals surface area contributed by atoms with E-state index in [1.54, 1.807) is 18.8 Å². The molecule has 0 spiro atoms. The minimum absolute atomic E-state index is 0.129. The lowest BCUT2D eigenvalue weighted by Crippen LogP contribution is -2.26. The van der Waals surface area contributed by atoms with Crippen LogP contribution >= 0.6 is 0 Å². The number of pyridine rings is 1. The highest BCUT2D eigenvalue weighted by atomic mass is 16.5. The summed E-state index contributed by atoms with van der Waals surface area (Å²) in [6.45, 7) is 4.54. The molecule has 2 aromatic heterocycles. The molecule has 0 amide bonds. The molecule has 1 unspecified atom stereocenters. The second-order valence-corrected chi connectivity index (χ2v) is 10.1. The van der Waals surface area contributed by atoms with Crippen LogP contribution in [0.5, 0.6) is 11.5 Å². The van der Waals surface area contributed by atoms with Gasteiger partial charge in [0.1, 0.15) is 11.5 Å². The topological polar surface area (TPSA) is 82.1 Å². The van der Waals surface area contributed by atoms with Gasteiger partial charge >= 0.3 is 0 Å². The quantitative estimate of drug-likeness (QED) is 0.378. The maximum Gasteiger partial charge on any atom is 0.202 e. The lowest BCUT2D eigenvalue weighted by atomic mass is 9.76. The maximum atomic E-state index is 14.0. The summed E-state index contributed by atoms with van der Waals surface area (Å²) in [6, 6.07) is 14.2. The van der Waals surface area contributed by atoms with Gasteiger partial charge in [-0.3, -0.25) is 15.2 Å². The molecule has 0 fully saturated rings. The Kier molecular flexibility index (Phi) is 6.93. The van der Waals surface area contributed by atoms with E-state index >= 15 is 0 Å². The number of hydrogen-bond acceptors (Lipinski definition) is 5. The summed E-state index contributed by atoms with van der Waals surface area (Å²) in [5.74, 6) is 1.48. The zero-order valence-electron chi connectivity index (χ0n) is 22.7. The zero-order chi connectivity index (χ0) is 27.0. The predicted molar refractivity (Wildman–Crippen MR) is 147 cm³/mol. The fourth-order valence-electron chi connectivity index (χ4n) is 5.51. The molecular formula is C31H34N4O3. The second-order valence-electron chi connectivity index (χ2n) is 10.1. The van der Waals surface area contributed by atoms with Crippen LogP contribution in [0.25, 0.3) is 11.1 Å². The van der Waals surface area contributed by atoms with Gasteiger partial charge in [0.15, 0.2) is 5.78 Å². The van der Waals surface area contributed by atoms with Crippen molar-refractivity contribution in [1.29, 1.82) is 5.41 Å². The van der Waals surface area contributed by atoms with Gasteiger partial charge in [0.2, 0.25) is 5.62 Å². The summed E-state index contributed by atoms with van der Waals surface area (Å²) in [4.78, 5) is 18.7. The Hall–Kier alpha value is -4.13. The molecule has 1 aliphatic carbocycles. The first-order chi connectivity index (χ1) is 18.3. The van der Waals surface area contributed by atoms with E-state index in [-0.39, 0.29) is 11.7 Å². The number of imidazole rings is 1. The molecule has 0 saturated carbocycles. The molecule has 1 aliphatic rings. The summed E-state index contributed by atoms with van der Waals surface area (Å²) >= 11 is 0. The molecule has 7 heteroatoms. The van der Waals surface area contributed by atoms with E-state index < -0.39 is 0 Å². The van der Waals surface area contributed by atoms with Crippen LogP contribution in [0.3, 0.4) is 0 Å². The van der Waals surface area contributed by atoms with E-state index in [0.717, 1.165) is 69.1 Å². The molecule has 38 heavy (non-hydrogen) atoms. The number of ketones is 1. The molecule has 0 bridgehead atoms. The van der Waals surface area contributed by atoms with Gasteiger partial charge < -0.3 is 18.6 Å². The van der Waals surface area contributed by atoms with Crippen LogP contribution in [0.2, 0.25) is 0 Å². The maximum absolute atomic E-state index is 14.0. The Balaban J connectivity index is 1.57. The number of fused-ring (bicyclic) bond motifs is 1. The number of rotatable bonds is 7. The van der Waals surface area contributed by atoms with Gasteiger partial charge in [0, 0.05) is 53.9 Å². The molecule has 1 atom stereocenters. The van der Waals surface area contributed by atoms with E-state index in [9.17, 15) is 4.79 Å². The molecular weight excluding hydrogens is 476 g/mol. The van der Waals surface area contributed by atoms with Crippen molar-refractivity contribution in [2.24, 2.45) is 13.0 Å². The molecule has 196 valence electrons. The standard InChI is InChI=1S/C31H34N4O3/c1-19-6-8-26(20(2)33-19)28-15-22(18-35-11-10-34(3)31(35)32)16-29-27(28)9-7-23(30(29)36)12-21-13-24(37-4)17-25(14-21)38-5/h6,8,10-11,13-17,23,32H,7,9,12,18H2,1-5H3. The van der Waals surface area contributed by atoms with Crippen molar-refractivity contribution in [2.45, 2.75) is 39.7 Å². The molecule has 0 saturated heterocycles. The van der Waals surface area contributed by atoms with E-state index in [2.05, 4.69) is 12.1 Å². The van der Waals surface area contributed by atoms with E-state index in [0.29, 0.717) is 18.6 Å². The molecule has 5 rings (SSSR count). The van der Waals surface area contributed by atoms with E-state index in [1.807, 2.05) is 68.2 Å². The van der Waals surface area contributed by atoms with Gasteiger partial charge in [-0.25, -0.2) is 0 Å². The number of aryl methyl sites for hydroxylation is 3. The summed E-state index contributed by atoms with van der Waals surface area (Å²) in [7, 11) is 5.14. The van der Waals surface area contributed by atoms with Crippen molar-refractivity contribution >= 4 is 5.78 Å². The highest BCUT2D eigenvalue weighted by molar-refractivity contribution is 6.02. The highest BCUT2D eigenvalue weighted by Gasteiger charge is 2.30. The van der Waals surface area contributed by atoms with E-state index in [4.69, 9.17) is 19.9 Å². The summed E-state index contributed by atoms with van der Waals surface area (Å²) < 4.78 is 14.6. The number of carbonyl (C=O) groups excluding carboxylic acids is 1. The molecule has 7 nitrogen and oxygen atoms in total. The highest BCUT2D eigenvalue weighted by Crippen LogP contribution is 2.37. The SMILES string of the molecule is COc1cc(CC2CCc3c(cc(Cn4ccn(C)c4=N)cc3-c3ccc(C)nc3C)C2=O)cc(OC)c1. The number of aromatic nitrogens is 3. The van der Waals surface area contributed by atoms with Gasteiger partial charge in [0.05, 0.1) is 20.8 Å². The minimum atomic E-state index is -0.129. The van der Waals surface area contributed by atoms with Crippen LogP contribution < -0.4 is 15.1 Å². The fraction of sp³-hybridized carbons (Fsp3) is 0.323. The van der Waals surface area contributed by atoms with Crippen molar-refractivity contribution in [3.05, 3.63) is 94.1 Å². The summed E-state index contributed by atoms with van der Waals surface area (Å²) in [6.07, 6.45) is 6.00. The second kappa shape index (κ2) is 10.3. The summed E-state index contributed by atoms with van der Waals surface area (Å²) in [5, 5.41) is 8.38. The van der Waals surface area contributed by atoms with Crippen molar-refractivity contribution in [2.75, 3.05) is 14.2 Å². The molecule has 1 N–H and O–H groups in total. The van der Waals surface area contributed by atoms with Crippen LogP contribution in [-0.2, 0) is 26.4 Å². The molecule has 4 aromatic rings. The van der Waals surface area contributed by atoms with Crippen molar-refractivity contribution in [1.82, 2.24) is 14.1 Å². The minimum Gasteiger partial charge on any atom is -0.497 e. The Bertz CT molecular complexity index is 1560. The predicted octanol–water partition coefficient (Wildman–Crippen LogP) is 5.04. The average molecular weight is 511 g/mol. The first-order valence-corrected chi connectivity index (χ1v) is 12.9. The van der Waals surface area contributed by atoms with Gasteiger partial charge in [-0.15, -0.1) is 0 Å². The van der Waals surface area contributed by atoms with Gasteiger partial charge in [-0.05, 0) is 85.7 Å². The van der Waals surface area contributed by atoms with Crippen LogP contribution in [0.4, 0.5) is 0 Å². The molecule has 2 aromatic carbocycles. The Morgan fingerprint density at radius 2 is 1.66 bits per heavy atom. The Morgan fingerprint density at radius 3 is 2.29 bits per heavy atom. The third kappa shape index (κ3) is 4.88. The number of hydrogen-bond donors (Lipinski definition) is 1. The van der Waals surface area contributed by atoms with Gasteiger partial charge in [-0.2, -0.15) is 0 Å². The monoisotopic (exact) mass is 510 g/mol. The number of ether oxygens (including phenoxy) is 2. The molecule has 0 radical (unpaired) electrons. The molecule has 2 heterocycles. The van der Waals surface area contributed by atoms with Crippen molar-refractivity contribution in [3.63, 3.8) is 0 Å². The van der Waals surface area contributed by atoms with Crippen LogP contribution in [0, 0.1) is 25.2 Å². The Morgan fingerprint density at radius 1 is 0.947 bits per heavy atom. The first-order valence-electron chi connectivity index (χ1n) is 12.9. The van der Waals surface area contributed by atoms with Crippen LogP contribution in [0.15, 0.2) is 54.9 Å². The zero-order valence-corrected chi connectivity index (χ0v) is 22.7. The lowest BCUT2D eigenvalue weighted by Gasteiger charge is -2.27. The smallest absolute Gasteiger partial charge is 0.202 e. The summed E-state index contributed by atoms with van der Waals surface area (Å²) in [5.41, 5.74) is 8.37. The normalized spacial score (nSPS) is 14.9. The number of nitrogens with zero attached hydrogens (tertiary/aromatic N) is 3. The van der Waals surface area contributed by atoms with Crippen LogP contribution in [-0.4, -0.2) is 34.1 Å². The number of benzene rings is 2. The number of nitrogens with one attached hydrogen (secondary N) is 1. The number of carbonyl (C=O) groups is 1. The number of Topliss-reactive ketones (excluding diaryl/α,β-unsaturated/α-hetero) is 1. The molecule has 0 aliphatic heterocycles.